The number of nitrogens with zero attached hydrogens (tertiary/aromatic N) is 1. The number of ether oxygens (including phenoxy) is 1. The highest BCUT2D eigenvalue weighted by Gasteiger charge is 2.21. The van der Waals surface area contributed by atoms with Gasteiger partial charge in [0.2, 0.25) is 0 Å². The van der Waals surface area contributed by atoms with Gasteiger partial charge in [0.1, 0.15) is 0 Å². The van der Waals surface area contributed by atoms with Crippen molar-refractivity contribution in [3.05, 3.63) is 0 Å². The first-order valence-electron chi connectivity index (χ1n) is 8.24. The summed E-state index contributed by atoms with van der Waals surface area (Å²) in [4.78, 5) is 25.6. The van der Waals surface area contributed by atoms with E-state index >= 15 is 0 Å². The van der Waals surface area contributed by atoms with Crippen molar-refractivity contribution < 1.29 is 14.3 Å². The third-order valence-corrected chi connectivity index (χ3v) is 3.70. The Morgan fingerprint density at radius 2 is 1.90 bits per heavy atom. The summed E-state index contributed by atoms with van der Waals surface area (Å²) in [6.45, 7) is 7.42. The Kier molecular flexibility index (Phi) is 8.16. The molecule has 0 heterocycles. The van der Waals surface area contributed by atoms with Crippen LogP contribution in [0.25, 0.3) is 0 Å². The van der Waals surface area contributed by atoms with Crippen molar-refractivity contribution in [2.75, 3.05) is 19.7 Å². The molecule has 0 radical (unpaired) electrons. The molecule has 21 heavy (non-hydrogen) atoms. The lowest BCUT2D eigenvalue weighted by molar-refractivity contribution is -0.143. The lowest BCUT2D eigenvalue weighted by Crippen LogP contribution is -2.47. The van der Waals surface area contributed by atoms with Gasteiger partial charge < -0.3 is 15.0 Å². The van der Waals surface area contributed by atoms with E-state index in [-0.39, 0.29) is 18.4 Å². The number of rotatable bonds is 7. The zero-order valence-corrected chi connectivity index (χ0v) is 13.7. The number of carbonyl (C=O) groups is 2. The number of hydrogen-bond donors (Lipinski definition) is 1. The number of nitrogens with one attached hydrogen (secondary N) is 1. The van der Waals surface area contributed by atoms with Crippen molar-refractivity contribution in [3.8, 4) is 0 Å². The molecule has 0 saturated heterocycles. The average Bonchev–Trinajstić information content (AvgIpc) is 2.44. The highest BCUT2D eigenvalue weighted by Crippen LogP contribution is 2.17. The molecule has 1 N–H and O–H groups in total. The van der Waals surface area contributed by atoms with Gasteiger partial charge in [0.05, 0.1) is 13.0 Å². The van der Waals surface area contributed by atoms with Crippen molar-refractivity contribution in [3.63, 3.8) is 0 Å². The SMILES string of the molecule is CCOC(=O)CCN(CC(C)C)C(=O)NC1CCCCC1. The summed E-state index contributed by atoms with van der Waals surface area (Å²) in [5, 5.41) is 3.11. The van der Waals surface area contributed by atoms with E-state index in [9.17, 15) is 9.59 Å². The maximum atomic E-state index is 12.4. The van der Waals surface area contributed by atoms with Crippen LogP contribution in [0.4, 0.5) is 4.79 Å². The van der Waals surface area contributed by atoms with Crippen LogP contribution in [0.2, 0.25) is 0 Å². The second-order valence-electron chi connectivity index (χ2n) is 6.18. The summed E-state index contributed by atoms with van der Waals surface area (Å²) in [5.41, 5.74) is 0. The molecule has 1 fully saturated rings. The van der Waals surface area contributed by atoms with E-state index in [4.69, 9.17) is 4.74 Å². The fourth-order valence-corrected chi connectivity index (χ4v) is 2.69. The molecule has 2 amide bonds. The van der Waals surface area contributed by atoms with Crippen LogP contribution in [0.15, 0.2) is 0 Å². The van der Waals surface area contributed by atoms with Gasteiger partial charge in [0.25, 0.3) is 0 Å². The largest absolute Gasteiger partial charge is 0.466 e. The highest BCUT2D eigenvalue weighted by atomic mass is 16.5. The number of amides is 2. The highest BCUT2D eigenvalue weighted by molar-refractivity contribution is 5.76. The number of carbonyl (C=O) groups excluding carboxylic acids is 2. The van der Waals surface area contributed by atoms with Crippen LogP contribution in [-0.2, 0) is 9.53 Å². The number of esters is 1. The smallest absolute Gasteiger partial charge is 0.317 e. The molecular weight excluding hydrogens is 268 g/mol. The molecule has 1 aliphatic carbocycles. The van der Waals surface area contributed by atoms with Crippen LogP contribution in [0.1, 0.15) is 59.3 Å². The second-order valence-corrected chi connectivity index (χ2v) is 6.18. The van der Waals surface area contributed by atoms with Crippen LogP contribution in [0.3, 0.4) is 0 Å². The van der Waals surface area contributed by atoms with Crippen molar-refractivity contribution in [2.45, 2.75) is 65.3 Å². The van der Waals surface area contributed by atoms with Crippen LogP contribution in [0.5, 0.6) is 0 Å². The maximum absolute atomic E-state index is 12.4. The molecule has 0 unspecified atom stereocenters. The Morgan fingerprint density at radius 1 is 1.24 bits per heavy atom. The lowest BCUT2D eigenvalue weighted by Gasteiger charge is -2.29. The minimum Gasteiger partial charge on any atom is -0.466 e. The second kappa shape index (κ2) is 9.64. The third kappa shape index (κ3) is 7.34. The van der Waals surface area contributed by atoms with Gasteiger partial charge in [0.15, 0.2) is 0 Å². The first-order chi connectivity index (χ1) is 10.0. The van der Waals surface area contributed by atoms with Crippen molar-refractivity contribution in [1.29, 1.82) is 0 Å². The maximum Gasteiger partial charge on any atom is 0.317 e. The van der Waals surface area contributed by atoms with Crippen molar-refractivity contribution in [1.82, 2.24) is 10.2 Å². The molecule has 0 aliphatic heterocycles. The van der Waals surface area contributed by atoms with Crippen LogP contribution < -0.4 is 5.32 Å². The fraction of sp³-hybridized carbons (Fsp3) is 0.875. The third-order valence-electron chi connectivity index (χ3n) is 3.70. The van der Waals surface area contributed by atoms with Gasteiger partial charge in [-0.25, -0.2) is 4.79 Å². The average molecular weight is 298 g/mol. The van der Waals surface area contributed by atoms with Gasteiger partial charge in [-0.1, -0.05) is 33.1 Å². The van der Waals surface area contributed by atoms with Gasteiger partial charge in [-0.2, -0.15) is 0 Å². The molecule has 0 aromatic heterocycles. The predicted octanol–water partition coefficient (Wildman–Crippen LogP) is 2.94. The zero-order valence-electron chi connectivity index (χ0n) is 13.7. The van der Waals surface area contributed by atoms with E-state index in [2.05, 4.69) is 19.2 Å². The minimum atomic E-state index is -0.239. The summed E-state index contributed by atoms with van der Waals surface area (Å²) >= 11 is 0. The standard InChI is InChI=1S/C16H30N2O3/c1-4-21-15(19)10-11-18(12-13(2)3)16(20)17-14-8-6-5-7-9-14/h13-14H,4-12H2,1-3H3,(H,17,20). The number of urea groups is 1. The quantitative estimate of drug-likeness (QED) is 0.735. The van der Waals surface area contributed by atoms with Crippen LogP contribution in [0, 0.1) is 5.92 Å². The van der Waals surface area contributed by atoms with Crippen molar-refractivity contribution >= 4 is 12.0 Å². The number of hydrogen-bond acceptors (Lipinski definition) is 3. The van der Waals surface area contributed by atoms with E-state index in [1.165, 1.54) is 19.3 Å². The molecule has 0 spiro atoms. The zero-order chi connectivity index (χ0) is 15.7. The molecule has 122 valence electrons. The summed E-state index contributed by atoms with van der Waals surface area (Å²) in [7, 11) is 0. The van der Waals surface area contributed by atoms with Crippen molar-refractivity contribution in [2.24, 2.45) is 5.92 Å². The monoisotopic (exact) mass is 298 g/mol. The molecule has 0 atom stereocenters. The fourth-order valence-electron chi connectivity index (χ4n) is 2.69. The summed E-state index contributed by atoms with van der Waals surface area (Å²) < 4.78 is 4.93. The minimum absolute atomic E-state index is 0.0418. The molecule has 0 aromatic carbocycles. The van der Waals surface area contributed by atoms with E-state index in [0.717, 1.165) is 12.8 Å². The predicted molar refractivity (Wildman–Crippen MR) is 83.1 cm³/mol. The molecule has 0 aromatic rings. The first-order valence-corrected chi connectivity index (χ1v) is 8.24. The van der Waals surface area contributed by atoms with Gasteiger partial charge in [-0.3, -0.25) is 4.79 Å². The molecule has 1 aliphatic rings. The van der Waals surface area contributed by atoms with E-state index in [0.29, 0.717) is 31.7 Å². The van der Waals surface area contributed by atoms with E-state index in [1.807, 2.05) is 0 Å². The molecule has 5 nitrogen and oxygen atoms in total. The first kappa shape index (κ1) is 17.8. The molecule has 1 rings (SSSR count). The Morgan fingerprint density at radius 3 is 2.48 bits per heavy atom. The topological polar surface area (TPSA) is 58.6 Å². The Labute approximate surface area is 128 Å². The van der Waals surface area contributed by atoms with Crippen LogP contribution in [-0.4, -0.2) is 42.6 Å². The Hall–Kier alpha value is -1.26. The molecule has 5 heteroatoms. The summed E-state index contributed by atoms with van der Waals surface area (Å²) in [6, 6.07) is 0.253. The Balaban J connectivity index is 2.46. The summed E-state index contributed by atoms with van der Waals surface area (Å²) in [6.07, 6.45) is 6.05. The van der Waals surface area contributed by atoms with Gasteiger partial charge >= 0.3 is 12.0 Å². The summed E-state index contributed by atoms with van der Waals surface area (Å²) in [5.74, 6) is 0.140. The molecular formula is C16H30N2O3. The lowest BCUT2D eigenvalue weighted by atomic mass is 9.96. The van der Waals surface area contributed by atoms with E-state index < -0.39 is 0 Å². The van der Waals surface area contributed by atoms with Gasteiger partial charge in [-0.05, 0) is 25.7 Å². The van der Waals surface area contributed by atoms with E-state index in [1.54, 1.807) is 11.8 Å². The van der Waals surface area contributed by atoms with Gasteiger partial charge in [-0.15, -0.1) is 0 Å². The molecule has 1 saturated carbocycles. The van der Waals surface area contributed by atoms with Gasteiger partial charge in [0, 0.05) is 19.1 Å². The normalized spacial score (nSPS) is 15.8. The Bertz CT molecular complexity index is 325. The van der Waals surface area contributed by atoms with Crippen LogP contribution >= 0.6 is 0 Å². The molecule has 0 bridgehead atoms.